The van der Waals surface area contributed by atoms with Crippen LogP contribution in [0.1, 0.15) is 23.7 Å². The van der Waals surface area contributed by atoms with Crippen molar-refractivity contribution in [3.8, 4) is 11.3 Å². The van der Waals surface area contributed by atoms with Crippen LogP contribution < -0.4 is 0 Å². The number of aromatic nitrogens is 2. The molecule has 0 fully saturated rings. The summed E-state index contributed by atoms with van der Waals surface area (Å²) in [6, 6.07) is 14.9. The van der Waals surface area contributed by atoms with Gasteiger partial charge in [-0.05, 0) is 31.0 Å². The first-order chi connectivity index (χ1) is 14.1. The van der Waals surface area contributed by atoms with Crippen LogP contribution in [0.25, 0.3) is 17.3 Å². The molecule has 158 valence electrons. The Bertz CT molecular complexity index is 1150. The lowest BCUT2D eigenvalue weighted by Crippen LogP contribution is -2.17. The quantitative estimate of drug-likeness (QED) is 0.533. The number of alkyl halides is 3. The molecule has 0 saturated carbocycles. The van der Waals surface area contributed by atoms with E-state index >= 15 is 0 Å². The van der Waals surface area contributed by atoms with Gasteiger partial charge in [0.1, 0.15) is 11.4 Å². The zero-order chi connectivity index (χ0) is 21.9. The Kier molecular flexibility index (Phi) is 6.17. The Morgan fingerprint density at radius 3 is 2.20 bits per heavy atom. The van der Waals surface area contributed by atoms with Crippen LogP contribution in [0.5, 0.6) is 0 Å². The van der Waals surface area contributed by atoms with E-state index in [2.05, 4.69) is 5.10 Å². The average Bonchev–Trinajstić information content (AvgIpc) is 3.06. The zero-order valence-corrected chi connectivity index (χ0v) is 17.3. The molecule has 2 aromatic carbocycles. The molecule has 3 rings (SSSR count). The lowest BCUT2D eigenvalue weighted by Gasteiger charge is -2.11. The Morgan fingerprint density at radius 1 is 1.03 bits per heavy atom. The molecule has 1 aromatic heterocycles. The summed E-state index contributed by atoms with van der Waals surface area (Å²) < 4.78 is 66.1. The second-order valence-electron chi connectivity index (χ2n) is 6.86. The number of benzene rings is 2. The standard InChI is InChI=1S/C22H21F3N2O2S/c1-3-7-19-20(17-10-12-18(13-11-17)30(2,28)29)26-27(21(19)22(23,24)25)15-14-16-8-5-4-6-9-16/h3-13H,14-15H2,1-2H3/b7-3+. The van der Waals surface area contributed by atoms with Gasteiger partial charge in [0.05, 0.1) is 4.90 Å². The molecule has 0 radical (unpaired) electrons. The van der Waals surface area contributed by atoms with Crippen molar-refractivity contribution in [2.75, 3.05) is 6.26 Å². The molecule has 30 heavy (non-hydrogen) atoms. The highest BCUT2D eigenvalue weighted by Crippen LogP contribution is 2.38. The van der Waals surface area contributed by atoms with Crippen LogP contribution in [0.3, 0.4) is 0 Å². The SMILES string of the molecule is C/C=C/c1c(-c2ccc(S(C)(=O)=O)cc2)nn(CCc2ccccc2)c1C(F)(F)F. The van der Waals surface area contributed by atoms with Crippen LogP contribution in [0.2, 0.25) is 0 Å². The summed E-state index contributed by atoms with van der Waals surface area (Å²) in [6.07, 6.45) is -0.207. The van der Waals surface area contributed by atoms with Crippen LogP contribution in [0.15, 0.2) is 65.6 Å². The van der Waals surface area contributed by atoms with Gasteiger partial charge >= 0.3 is 6.18 Å². The molecule has 0 aliphatic heterocycles. The summed E-state index contributed by atoms with van der Waals surface area (Å²) in [4.78, 5) is 0.0957. The van der Waals surface area contributed by atoms with Gasteiger partial charge in [-0.3, -0.25) is 4.68 Å². The molecular weight excluding hydrogens is 413 g/mol. The first kappa shape index (κ1) is 21.8. The summed E-state index contributed by atoms with van der Waals surface area (Å²) in [5, 5.41) is 4.27. The van der Waals surface area contributed by atoms with E-state index < -0.39 is 21.7 Å². The van der Waals surface area contributed by atoms with Crippen molar-refractivity contribution in [1.29, 1.82) is 0 Å². The van der Waals surface area contributed by atoms with E-state index in [1.54, 1.807) is 6.92 Å². The highest BCUT2D eigenvalue weighted by Gasteiger charge is 2.39. The number of sulfone groups is 1. The Morgan fingerprint density at radius 2 is 1.67 bits per heavy atom. The fourth-order valence-corrected chi connectivity index (χ4v) is 3.84. The van der Waals surface area contributed by atoms with Crippen molar-refractivity contribution >= 4 is 15.9 Å². The van der Waals surface area contributed by atoms with E-state index in [9.17, 15) is 21.6 Å². The number of hydrogen-bond donors (Lipinski definition) is 0. The minimum Gasteiger partial charge on any atom is -0.259 e. The molecule has 0 atom stereocenters. The lowest BCUT2D eigenvalue weighted by atomic mass is 10.0. The molecule has 1 heterocycles. The smallest absolute Gasteiger partial charge is 0.259 e. The Labute approximate surface area is 173 Å². The highest BCUT2D eigenvalue weighted by molar-refractivity contribution is 7.90. The van der Waals surface area contributed by atoms with Gasteiger partial charge in [0, 0.05) is 23.9 Å². The molecule has 8 heteroatoms. The molecule has 0 bridgehead atoms. The number of aryl methyl sites for hydroxylation is 2. The van der Waals surface area contributed by atoms with E-state index in [4.69, 9.17) is 0 Å². The summed E-state index contributed by atoms with van der Waals surface area (Å²) in [5.74, 6) is 0. The van der Waals surface area contributed by atoms with Crippen molar-refractivity contribution in [2.24, 2.45) is 0 Å². The van der Waals surface area contributed by atoms with Gasteiger partial charge in [0.25, 0.3) is 0 Å². The number of nitrogens with zero attached hydrogens (tertiary/aromatic N) is 2. The molecule has 0 aliphatic carbocycles. The van der Waals surface area contributed by atoms with Gasteiger partial charge in [-0.1, -0.05) is 54.6 Å². The first-order valence-electron chi connectivity index (χ1n) is 9.26. The first-order valence-corrected chi connectivity index (χ1v) is 11.2. The summed E-state index contributed by atoms with van der Waals surface area (Å²) >= 11 is 0. The van der Waals surface area contributed by atoms with E-state index in [1.165, 1.54) is 36.4 Å². The minimum absolute atomic E-state index is 0.0369. The van der Waals surface area contributed by atoms with Crippen molar-refractivity contribution in [3.05, 3.63) is 77.5 Å². The highest BCUT2D eigenvalue weighted by atomic mass is 32.2. The molecule has 0 spiro atoms. The van der Waals surface area contributed by atoms with E-state index in [1.807, 2.05) is 30.3 Å². The minimum atomic E-state index is -4.59. The van der Waals surface area contributed by atoms with Gasteiger partial charge in [-0.2, -0.15) is 18.3 Å². The van der Waals surface area contributed by atoms with Gasteiger partial charge in [0.2, 0.25) is 0 Å². The maximum absolute atomic E-state index is 13.9. The normalized spacial score (nSPS) is 12.6. The topological polar surface area (TPSA) is 52.0 Å². The zero-order valence-electron chi connectivity index (χ0n) is 16.5. The largest absolute Gasteiger partial charge is 0.433 e. The van der Waals surface area contributed by atoms with Crippen LogP contribution in [-0.2, 0) is 29.0 Å². The second-order valence-corrected chi connectivity index (χ2v) is 8.88. The van der Waals surface area contributed by atoms with Crippen LogP contribution in [0.4, 0.5) is 13.2 Å². The third-order valence-electron chi connectivity index (χ3n) is 4.60. The summed E-state index contributed by atoms with van der Waals surface area (Å²) in [7, 11) is -3.41. The van der Waals surface area contributed by atoms with Crippen molar-refractivity contribution in [2.45, 2.75) is 31.0 Å². The van der Waals surface area contributed by atoms with Gasteiger partial charge < -0.3 is 0 Å². The number of hydrogen-bond acceptors (Lipinski definition) is 3. The number of rotatable bonds is 6. The summed E-state index contributed by atoms with van der Waals surface area (Å²) in [6.45, 7) is 1.70. The van der Waals surface area contributed by atoms with Gasteiger partial charge in [0.15, 0.2) is 9.84 Å². The molecule has 0 unspecified atom stereocenters. The van der Waals surface area contributed by atoms with E-state index in [-0.39, 0.29) is 22.7 Å². The predicted octanol–water partition coefficient (Wildman–Crippen LogP) is 5.25. The monoisotopic (exact) mass is 434 g/mol. The Hall–Kier alpha value is -2.87. The Balaban J connectivity index is 2.09. The molecule has 0 amide bonds. The van der Waals surface area contributed by atoms with Gasteiger partial charge in [-0.25, -0.2) is 8.42 Å². The molecule has 4 nitrogen and oxygen atoms in total. The molecule has 0 N–H and O–H groups in total. The third kappa shape index (κ3) is 4.81. The number of halogens is 3. The van der Waals surface area contributed by atoms with E-state index in [0.29, 0.717) is 12.0 Å². The molecule has 0 saturated heterocycles. The maximum atomic E-state index is 13.9. The summed E-state index contributed by atoms with van der Waals surface area (Å²) in [5.41, 5.74) is 0.629. The van der Waals surface area contributed by atoms with E-state index in [0.717, 1.165) is 16.5 Å². The molecule has 3 aromatic rings. The second kappa shape index (κ2) is 8.47. The fraction of sp³-hybridized carbons (Fsp3) is 0.227. The van der Waals surface area contributed by atoms with Crippen molar-refractivity contribution in [3.63, 3.8) is 0 Å². The molecule has 0 aliphatic rings. The van der Waals surface area contributed by atoms with Crippen molar-refractivity contribution in [1.82, 2.24) is 9.78 Å². The van der Waals surface area contributed by atoms with Crippen LogP contribution in [-0.4, -0.2) is 24.5 Å². The van der Waals surface area contributed by atoms with Crippen LogP contribution in [0, 0.1) is 0 Å². The lowest BCUT2D eigenvalue weighted by molar-refractivity contribution is -0.144. The van der Waals surface area contributed by atoms with Gasteiger partial charge in [-0.15, -0.1) is 0 Å². The number of allylic oxidation sites excluding steroid dienone is 1. The van der Waals surface area contributed by atoms with Crippen LogP contribution >= 0.6 is 0 Å². The van der Waals surface area contributed by atoms with Crippen molar-refractivity contribution < 1.29 is 21.6 Å². The average molecular weight is 434 g/mol. The fourth-order valence-electron chi connectivity index (χ4n) is 3.21. The predicted molar refractivity (Wildman–Crippen MR) is 111 cm³/mol. The maximum Gasteiger partial charge on any atom is 0.433 e. The third-order valence-corrected chi connectivity index (χ3v) is 5.73. The molecular formula is C22H21F3N2O2S.